The third-order valence-electron chi connectivity index (χ3n) is 6.11. The average molecular weight is 400 g/mol. The van der Waals surface area contributed by atoms with E-state index in [2.05, 4.69) is 17.1 Å². The third-order valence-corrected chi connectivity index (χ3v) is 6.11. The Kier molecular flexibility index (Phi) is 8.38. The second kappa shape index (κ2) is 11.2. The van der Waals surface area contributed by atoms with E-state index in [-0.39, 0.29) is 11.8 Å². The Hall–Kier alpha value is -2.04. The van der Waals surface area contributed by atoms with Gasteiger partial charge >= 0.3 is 0 Å². The Morgan fingerprint density at radius 1 is 0.897 bits per heavy atom. The first-order valence-corrected chi connectivity index (χ1v) is 11.7. The molecule has 0 unspecified atom stereocenters. The van der Waals surface area contributed by atoms with E-state index in [1.165, 1.54) is 38.5 Å². The molecule has 2 heterocycles. The molecule has 5 nitrogen and oxygen atoms in total. The highest BCUT2D eigenvalue weighted by atomic mass is 16.2. The predicted molar refractivity (Wildman–Crippen MR) is 120 cm³/mol. The zero-order chi connectivity index (χ0) is 20.5. The Balaban J connectivity index is 1.68. The van der Waals surface area contributed by atoms with Crippen LogP contribution in [0.4, 0.5) is 11.4 Å². The van der Waals surface area contributed by atoms with Gasteiger partial charge in [-0.3, -0.25) is 9.59 Å². The van der Waals surface area contributed by atoms with Gasteiger partial charge in [-0.25, -0.2) is 0 Å². The number of rotatable bonds is 9. The molecule has 0 saturated carbocycles. The van der Waals surface area contributed by atoms with Gasteiger partial charge in [0.05, 0.1) is 5.56 Å². The van der Waals surface area contributed by atoms with Crippen LogP contribution >= 0.6 is 0 Å². The van der Waals surface area contributed by atoms with Gasteiger partial charge < -0.3 is 15.1 Å². The quantitative estimate of drug-likeness (QED) is 0.580. The first-order valence-electron chi connectivity index (χ1n) is 11.7. The molecular weight excluding hydrogens is 362 g/mol. The lowest BCUT2D eigenvalue weighted by Gasteiger charge is -2.29. The van der Waals surface area contributed by atoms with Gasteiger partial charge in [-0.05, 0) is 56.7 Å². The van der Waals surface area contributed by atoms with Crippen molar-refractivity contribution in [2.45, 2.75) is 77.6 Å². The number of hydrogen-bond acceptors (Lipinski definition) is 3. The summed E-state index contributed by atoms with van der Waals surface area (Å²) in [6.45, 7) is 5.88. The molecule has 2 amide bonds. The molecule has 160 valence electrons. The normalized spacial score (nSPS) is 16.9. The lowest BCUT2D eigenvalue weighted by molar-refractivity contribution is -0.116. The van der Waals surface area contributed by atoms with Gasteiger partial charge in [-0.1, -0.05) is 32.6 Å². The van der Waals surface area contributed by atoms with E-state index in [9.17, 15) is 9.59 Å². The number of amides is 2. The van der Waals surface area contributed by atoms with E-state index in [4.69, 9.17) is 0 Å². The first kappa shape index (κ1) is 21.7. The van der Waals surface area contributed by atoms with Crippen LogP contribution in [0, 0.1) is 0 Å². The molecule has 3 rings (SSSR count). The molecule has 2 aliphatic rings. The van der Waals surface area contributed by atoms with Crippen LogP contribution in [0.2, 0.25) is 0 Å². The fraction of sp³-hybridized carbons (Fsp3) is 0.667. The predicted octanol–water partition coefficient (Wildman–Crippen LogP) is 5.21. The minimum absolute atomic E-state index is 0.0480. The second-order valence-corrected chi connectivity index (χ2v) is 8.49. The van der Waals surface area contributed by atoms with E-state index in [1.807, 2.05) is 23.1 Å². The number of carbonyl (C=O) groups excluding carboxylic acids is 2. The number of anilines is 2. The molecule has 0 radical (unpaired) electrons. The van der Waals surface area contributed by atoms with E-state index < -0.39 is 0 Å². The molecule has 29 heavy (non-hydrogen) atoms. The summed E-state index contributed by atoms with van der Waals surface area (Å²) >= 11 is 0. The number of nitrogens with one attached hydrogen (secondary N) is 1. The van der Waals surface area contributed by atoms with Crippen LogP contribution in [0.1, 0.15) is 87.9 Å². The monoisotopic (exact) mass is 399 g/mol. The number of piperidine rings is 1. The number of hydrogen-bond donors (Lipinski definition) is 1. The zero-order valence-electron chi connectivity index (χ0n) is 18.0. The SMILES string of the molecule is CCCCCCCC(=O)Nc1ccc(N2CCCC2)c(C(=O)N2CCCCC2)c1. The standard InChI is InChI=1S/C24H37N3O2/c1-2-3-4-5-7-12-23(28)25-20-13-14-22(26-15-10-11-16-26)21(19-20)24(29)27-17-8-6-9-18-27/h13-14,19H,2-12,15-18H2,1H3,(H,25,28). The summed E-state index contributed by atoms with van der Waals surface area (Å²) in [5.74, 6) is 0.161. The molecule has 2 fully saturated rings. The summed E-state index contributed by atoms with van der Waals surface area (Å²) in [6.07, 6.45) is 11.9. The van der Waals surface area contributed by atoms with Crippen molar-refractivity contribution in [2.75, 3.05) is 36.4 Å². The Morgan fingerprint density at radius 3 is 2.31 bits per heavy atom. The van der Waals surface area contributed by atoms with Gasteiger partial charge in [0.15, 0.2) is 0 Å². The number of likely N-dealkylation sites (tertiary alicyclic amines) is 1. The van der Waals surface area contributed by atoms with Crippen LogP contribution in [0.3, 0.4) is 0 Å². The molecule has 1 aromatic carbocycles. The lowest BCUT2D eigenvalue weighted by Crippen LogP contribution is -2.36. The summed E-state index contributed by atoms with van der Waals surface area (Å²) < 4.78 is 0. The highest BCUT2D eigenvalue weighted by Crippen LogP contribution is 2.29. The van der Waals surface area contributed by atoms with Gasteiger partial charge in [0.1, 0.15) is 0 Å². The van der Waals surface area contributed by atoms with E-state index in [1.54, 1.807) is 0 Å². The zero-order valence-corrected chi connectivity index (χ0v) is 18.0. The van der Waals surface area contributed by atoms with Crippen LogP contribution in [-0.2, 0) is 4.79 Å². The van der Waals surface area contributed by atoms with Crippen LogP contribution in [0.25, 0.3) is 0 Å². The number of unbranched alkanes of at least 4 members (excludes halogenated alkanes) is 4. The van der Waals surface area contributed by atoms with Crippen LogP contribution in [0.5, 0.6) is 0 Å². The molecule has 2 saturated heterocycles. The van der Waals surface area contributed by atoms with Crippen molar-refractivity contribution in [1.82, 2.24) is 4.90 Å². The van der Waals surface area contributed by atoms with Crippen molar-refractivity contribution in [3.8, 4) is 0 Å². The van der Waals surface area contributed by atoms with Gasteiger partial charge in [0, 0.05) is 44.0 Å². The van der Waals surface area contributed by atoms with Crippen molar-refractivity contribution in [1.29, 1.82) is 0 Å². The van der Waals surface area contributed by atoms with Crippen LogP contribution in [-0.4, -0.2) is 42.9 Å². The maximum Gasteiger partial charge on any atom is 0.256 e. The summed E-state index contributed by atoms with van der Waals surface area (Å²) in [4.78, 5) is 29.9. The fourth-order valence-electron chi connectivity index (χ4n) is 4.40. The molecule has 2 aliphatic heterocycles. The smallest absolute Gasteiger partial charge is 0.256 e. The minimum Gasteiger partial charge on any atom is -0.371 e. The Morgan fingerprint density at radius 2 is 1.59 bits per heavy atom. The van der Waals surface area contributed by atoms with Gasteiger partial charge in [-0.15, -0.1) is 0 Å². The molecular formula is C24H37N3O2. The summed E-state index contributed by atoms with van der Waals surface area (Å²) in [5.41, 5.74) is 2.51. The van der Waals surface area contributed by atoms with Crippen molar-refractivity contribution in [3.05, 3.63) is 23.8 Å². The van der Waals surface area contributed by atoms with E-state index in [0.29, 0.717) is 6.42 Å². The van der Waals surface area contributed by atoms with Crippen molar-refractivity contribution >= 4 is 23.2 Å². The number of benzene rings is 1. The summed E-state index contributed by atoms with van der Waals surface area (Å²) in [7, 11) is 0. The number of nitrogens with zero attached hydrogens (tertiary/aromatic N) is 2. The molecule has 0 bridgehead atoms. The molecule has 1 N–H and O–H groups in total. The average Bonchev–Trinajstić information content (AvgIpc) is 3.28. The van der Waals surface area contributed by atoms with Crippen molar-refractivity contribution < 1.29 is 9.59 Å². The maximum absolute atomic E-state index is 13.3. The Labute approximate surface area is 175 Å². The molecule has 0 atom stereocenters. The van der Waals surface area contributed by atoms with Gasteiger partial charge in [-0.2, -0.15) is 0 Å². The Bertz CT molecular complexity index is 677. The topological polar surface area (TPSA) is 52.7 Å². The minimum atomic E-state index is 0.0480. The maximum atomic E-state index is 13.3. The van der Waals surface area contributed by atoms with E-state index >= 15 is 0 Å². The number of carbonyl (C=O) groups is 2. The van der Waals surface area contributed by atoms with Gasteiger partial charge in [0.25, 0.3) is 5.91 Å². The molecule has 1 aromatic rings. The summed E-state index contributed by atoms with van der Waals surface area (Å²) in [6, 6.07) is 5.88. The molecule has 5 heteroatoms. The highest BCUT2D eigenvalue weighted by molar-refractivity contribution is 6.02. The fourth-order valence-corrected chi connectivity index (χ4v) is 4.40. The lowest BCUT2D eigenvalue weighted by atomic mass is 10.1. The van der Waals surface area contributed by atoms with Crippen molar-refractivity contribution in [3.63, 3.8) is 0 Å². The third kappa shape index (κ3) is 6.22. The van der Waals surface area contributed by atoms with Crippen LogP contribution in [0.15, 0.2) is 18.2 Å². The second-order valence-electron chi connectivity index (χ2n) is 8.49. The van der Waals surface area contributed by atoms with Crippen molar-refractivity contribution in [2.24, 2.45) is 0 Å². The largest absolute Gasteiger partial charge is 0.371 e. The summed E-state index contributed by atoms with van der Waals surface area (Å²) in [5, 5.41) is 3.02. The van der Waals surface area contributed by atoms with E-state index in [0.717, 1.165) is 68.8 Å². The first-order chi connectivity index (χ1) is 14.2. The molecule has 0 aromatic heterocycles. The van der Waals surface area contributed by atoms with Gasteiger partial charge in [0.2, 0.25) is 5.91 Å². The molecule has 0 spiro atoms. The van der Waals surface area contributed by atoms with Crippen LogP contribution < -0.4 is 10.2 Å². The highest BCUT2D eigenvalue weighted by Gasteiger charge is 2.25. The molecule has 0 aliphatic carbocycles.